The van der Waals surface area contributed by atoms with Gasteiger partial charge in [-0.15, -0.1) is 0 Å². The molecular weight excluding hydrogens is 344 g/mol. The summed E-state index contributed by atoms with van der Waals surface area (Å²) in [7, 11) is 0. The fourth-order valence-electron chi connectivity index (χ4n) is 3.66. The lowest BCUT2D eigenvalue weighted by atomic mass is 9.95. The molecule has 2 saturated heterocycles. The molecule has 0 saturated carbocycles. The zero-order valence-corrected chi connectivity index (χ0v) is 14.6. The Labute approximate surface area is 151 Å². The van der Waals surface area contributed by atoms with Crippen molar-refractivity contribution < 1.29 is 19.5 Å². The van der Waals surface area contributed by atoms with Crippen molar-refractivity contribution in [1.82, 2.24) is 9.80 Å². The smallest absolute Gasteiger partial charge is 0.326 e. The standard InChI is InChI=1S/C18H21ClN2O4/c19-14-7-5-12(6-8-14)16(22)20-9-1-3-13(11-20)17(23)21-10-2-4-15(21)18(24)25/h5-8,13,15H,1-4,9-11H2,(H,24,25)/t13?,15-/m0/s1. The Bertz CT molecular complexity index is 676. The fourth-order valence-corrected chi connectivity index (χ4v) is 3.79. The zero-order chi connectivity index (χ0) is 18.0. The molecule has 0 aromatic heterocycles. The second-order valence-corrected chi connectivity index (χ2v) is 7.06. The Kier molecular flexibility index (Phi) is 5.27. The average molecular weight is 365 g/mol. The van der Waals surface area contributed by atoms with E-state index in [1.165, 1.54) is 4.90 Å². The van der Waals surface area contributed by atoms with Crippen molar-refractivity contribution in [2.75, 3.05) is 19.6 Å². The van der Waals surface area contributed by atoms with Crippen LogP contribution < -0.4 is 0 Å². The van der Waals surface area contributed by atoms with Gasteiger partial charge in [0, 0.05) is 30.2 Å². The first-order valence-electron chi connectivity index (χ1n) is 8.55. The average Bonchev–Trinajstić information content (AvgIpc) is 3.11. The van der Waals surface area contributed by atoms with Crippen LogP contribution in [0, 0.1) is 5.92 Å². The van der Waals surface area contributed by atoms with E-state index in [0.717, 1.165) is 6.42 Å². The first kappa shape index (κ1) is 17.7. The number of hydrogen-bond acceptors (Lipinski definition) is 3. The van der Waals surface area contributed by atoms with E-state index in [2.05, 4.69) is 0 Å². The number of amides is 2. The third kappa shape index (κ3) is 3.79. The Balaban J connectivity index is 1.68. The molecule has 2 heterocycles. The molecular formula is C18H21ClN2O4. The summed E-state index contributed by atoms with van der Waals surface area (Å²) >= 11 is 5.86. The summed E-state index contributed by atoms with van der Waals surface area (Å²) in [6, 6.07) is 5.97. The summed E-state index contributed by atoms with van der Waals surface area (Å²) in [6.07, 6.45) is 2.64. The van der Waals surface area contributed by atoms with Gasteiger partial charge in [-0.2, -0.15) is 0 Å². The first-order valence-corrected chi connectivity index (χ1v) is 8.93. The van der Waals surface area contributed by atoms with Crippen LogP contribution in [0.1, 0.15) is 36.0 Å². The van der Waals surface area contributed by atoms with Crippen LogP contribution in [0.4, 0.5) is 0 Å². The van der Waals surface area contributed by atoms with Crippen LogP contribution in [0.5, 0.6) is 0 Å². The Hall–Kier alpha value is -2.08. The van der Waals surface area contributed by atoms with Crippen molar-refractivity contribution >= 4 is 29.4 Å². The summed E-state index contributed by atoms with van der Waals surface area (Å²) in [5.74, 6) is -1.54. The molecule has 1 unspecified atom stereocenters. The highest BCUT2D eigenvalue weighted by atomic mass is 35.5. The second-order valence-electron chi connectivity index (χ2n) is 6.63. The molecule has 2 aliphatic rings. The van der Waals surface area contributed by atoms with Gasteiger partial charge in [0.15, 0.2) is 0 Å². The molecule has 134 valence electrons. The number of nitrogens with zero attached hydrogens (tertiary/aromatic N) is 2. The number of hydrogen-bond donors (Lipinski definition) is 1. The van der Waals surface area contributed by atoms with Crippen molar-refractivity contribution in [3.63, 3.8) is 0 Å². The molecule has 2 amide bonds. The molecule has 3 rings (SSSR count). The fraction of sp³-hybridized carbons (Fsp3) is 0.500. The van der Waals surface area contributed by atoms with E-state index in [0.29, 0.717) is 49.5 Å². The van der Waals surface area contributed by atoms with E-state index in [9.17, 15) is 19.5 Å². The molecule has 6 nitrogen and oxygen atoms in total. The minimum absolute atomic E-state index is 0.120. The number of piperidine rings is 1. The third-order valence-electron chi connectivity index (χ3n) is 4.97. The topological polar surface area (TPSA) is 77.9 Å². The highest BCUT2D eigenvalue weighted by Crippen LogP contribution is 2.25. The van der Waals surface area contributed by atoms with Gasteiger partial charge in [-0.1, -0.05) is 11.6 Å². The largest absolute Gasteiger partial charge is 0.480 e. The van der Waals surface area contributed by atoms with E-state index in [-0.39, 0.29) is 17.7 Å². The number of carboxylic acids is 1. The summed E-state index contributed by atoms with van der Waals surface area (Å²) in [4.78, 5) is 39.9. The van der Waals surface area contributed by atoms with E-state index >= 15 is 0 Å². The SMILES string of the molecule is O=C(O)[C@@H]1CCCN1C(=O)C1CCCN(C(=O)c2ccc(Cl)cc2)C1. The summed E-state index contributed by atoms with van der Waals surface area (Å²) in [5.41, 5.74) is 0.544. The quantitative estimate of drug-likeness (QED) is 0.892. The van der Waals surface area contributed by atoms with Crippen molar-refractivity contribution in [3.05, 3.63) is 34.9 Å². The number of carbonyl (C=O) groups is 3. The summed E-state index contributed by atoms with van der Waals surface area (Å²) < 4.78 is 0. The maximum absolute atomic E-state index is 12.8. The number of benzene rings is 1. The van der Waals surface area contributed by atoms with E-state index in [4.69, 9.17) is 11.6 Å². The van der Waals surface area contributed by atoms with Gasteiger partial charge in [0.25, 0.3) is 5.91 Å². The summed E-state index contributed by atoms with van der Waals surface area (Å²) in [6.45, 7) is 1.42. The lowest BCUT2D eigenvalue weighted by Gasteiger charge is -2.35. The molecule has 25 heavy (non-hydrogen) atoms. The molecule has 0 spiro atoms. The number of likely N-dealkylation sites (tertiary alicyclic amines) is 2. The van der Waals surface area contributed by atoms with Gasteiger partial charge < -0.3 is 14.9 Å². The van der Waals surface area contributed by atoms with Gasteiger partial charge in [-0.3, -0.25) is 9.59 Å². The van der Waals surface area contributed by atoms with Gasteiger partial charge in [-0.05, 0) is 49.9 Å². The highest BCUT2D eigenvalue weighted by Gasteiger charge is 2.39. The van der Waals surface area contributed by atoms with E-state index in [1.807, 2.05) is 0 Å². The molecule has 1 aromatic carbocycles. The predicted molar refractivity (Wildman–Crippen MR) is 92.5 cm³/mol. The molecule has 1 aromatic rings. The van der Waals surface area contributed by atoms with Crippen LogP contribution in [0.15, 0.2) is 24.3 Å². The number of carboxylic acid groups (broad SMARTS) is 1. The normalized spacial score (nSPS) is 23.6. The lowest BCUT2D eigenvalue weighted by Crippen LogP contribution is -2.49. The molecule has 1 N–H and O–H groups in total. The minimum atomic E-state index is -0.948. The number of carbonyl (C=O) groups excluding carboxylic acids is 2. The number of rotatable bonds is 3. The zero-order valence-electron chi connectivity index (χ0n) is 13.9. The van der Waals surface area contributed by atoms with Crippen molar-refractivity contribution in [2.45, 2.75) is 31.7 Å². The molecule has 2 atom stereocenters. The van der Waals surface area contributed by atoms with Crippen LogP contribution in [0.25, 0.3) is 0 Å². The van der Waals surface area contributed by atoms with Gasteiger partial charge in [0.05, 0.1) is 5.92 Å². The Morgan fingerprint density at radius 2 is 1.72 bits per heavy atom. The van der Waals surface area contributed by atoms with Crippen LogP contribution in [-0.4, -0.2) is 58.4 Å². The summed E-state index contributed by atoms with van der Waals surface area (Å²) in [5, 5.41) is 9.84. The van der Waals surface area contributed by atoms with Gasteiger partial charge in [0.2, 0.25) is 5.91 Å². The van der Waals surface area contributed by atoms with Crippen LogP contribution >= 0.6 is 11.6 Å². The first-order chi connectivity index (χ1) is 12.0. The van der Waals surface area contributed by atoms with E-state index < -0.39 is 12.0 Å². The molecule has 2 fully saturated rings. The molecule has 0 radical (unpaired) electrons. The van der Waals surface area contributed by atoms with Crippen LogP contribution in [0.2, 0.25) is 5.02 Å². The number of aliphatic carboxylic acids is 1. The molecule has 7 heteroatoms. The van der Waals surface area contributed by atoms with Crippen LogP contribution in [0.3, 0.4) is 0 Å². The van der Waals surface area contributed by atoms with Crippen molar-refractivity contribution in [1.29, 1.82) is 0 Å². The van der Waals surface area contributed by atoms with Gasteiger partial charge in [-0.25, -0.2) is 4.79 Å². The third-order valence-corrected chi connectivity index (χ3v) is 5.22. The Morgan fingerprint density at radius 3 is 2.40 bits per heavy atom. The van der Waals surface area contributed by atoms with E-state index in [1.54, 1.807) is 29.2 Å². The van der Waals surface area contributed by atoms with Gasteiger partial charge in [0.1, 0.15) is 6.04 Å². The highest BCUT2D eigenvalue weighted by molar-refractivity contribution is 6.30. The minimum Gasteiger partial charge on any atom is -0.480 e. The lowest BCUT2D eigenvalue weighted by molar-refractivity contribution is -0.150. The monoisotopic (exact) mass is 364 g/mol. The maximum atomic E-state index is 12.8. The predicted octanol–water partition coefficient (Wildman–Crippen LogP) is 2.27. The van der Waals surface area contributed by atoms with Crippen molar-refractivity contribution in [3.8, 4) is 0 Å². The van der Waals surface area contributed by atoms with Gasteiger partial charge >= 0.3 is 5.97 Å². The molecule has 0 aliphatic carbocycles. The van der Waals surface area contributed by atoms with Crippen LogP contribution in [-0.2, 0) is 9.59 Å². The van der Waals surface area contributed by atoms with Crippen molar-refractivity contribution in [2.24, 2.45) is 5.92 Å². The molecule has 0 bridgehead atoms. The Morgan fingerprint density at radius 1 is 1.04 bits per heavy atom. The number of halogens is 1. The maximum Gasteiger partial charge on any atom is 0.326 e. The molecule has 2 aliphatic heterocycles. The second kappa shape index (κ2) is 7.44.